The smallest absolute Gasteiger partial charge is 0.257 e. The first kappa shape index (κ1) is 15.9. The van der Waals surface area contributed by atoms with Crippen molar-refractivity contribution in [3.05, 3.63) is 59.7 Å². The SMILES string of the molecule is N#Cc1ccc(OCC(=O)NCC2COc3ccccc3C2)cc1. The van der Waals surface area contributed by atoms with Crippen LogP contribution in [0.1, 0.15) is 11.1 Å². The summed E-state index contributed by atoms with van der Waals surface area (Å²) in [7, 11) is 0. The lowest BCUT2D eigenvalue weighted by Crippen LogP contribution is -2.37. The molecule has 0 aromatic heterocycles. The largest absolute Gasteiger partial charge is 0.493 e. The van der Waals surface area contributed by atoms with E-state index < -0.39 is 0 Å². The van der Waals surface area contributed by atoms with Crippen molar-refractivity contribution in [3.8, 4) is 17.6 Å². The van der Waals surface area contributed by atoms with E-state index in [9.17, 15) is 4.79 Å². The normalized spacial score (nSPS) is 15.5. The summed E-state index contributed by atoms with van der Waals surface area (Å²) in [6, 6.07) is 16.7. The Kier molecular flexibility index (Phi) is 4.97. The molecule has 5 nitrogen and oxygen atoms in total. The van der Waals surface area contributed by atoms with Crippen molar-refractivity contribution in [1.82, 2.24) is 5.32 Å². The zero-order valence-electron chi connectivity index (χ0n) is 13.2. The highest BCUT2D eigenvalue weighted by molar-refractivity contribution is 5.77. The molecule has 1 aliphatic heterocycles. The van der Waals surface area contributed by atoms with Crippen LogP contribution in [0.4, 0.5) is 0 Å². The first-order valence-corrected chi connectivity index (χ1v) is 7.85. The summed E-state index contributed by atoms with van der Waals surface area (Å²) >= 11 is 0. The first-order chi connectivity index (χ1) is 11.7. The molecule has 0 spiro atoms. The van der Waals surface area contributed by atoms with E-state index in [0.717, 1.165) is 12.2 Å². The number of nitrogens with zero attached hydrogens (tertiary/aromatic N) is 1. The molecule has 1 unspecified atom stereocenters. The van der Waals surface area contributed by atoms with E-state index in [1.165, 1.54) is 5.56 Å². The fraction of sp³-hybridized carbons (Fsp3) is 0.263. The summed E-state index contributed by atoms with van der Waals surface area (Å²) in [4.78, 5) is 11.9. The Bertz CT molecular complexity index is 750. The molecule has 1 N–H and O–H groups in total. The van der Waals surface area contributed by atoms with Gasteiger partial charge in [0.05, 0.1) is 18.2 Å². The Morgan fingerprint density at radius 2 is 2.04 bits per heavy atom. The predicted octanol–water partition coefficient (Wildman–Crippen LogP) is 2.30. The summed E-state index contributed by atoms with van der Waals surface area (Å²) in [6.45, 7) is 1.12. The van der Waals surface area contributed by atoms with Gasteiger partial charge in [0.2, 0.25) is 0 Å². The lowest BCUT2D eigenvalue weighted by Gasteiger charge is -2.25. The van der Waals surface area contributed by atoms with Gasteiger partial charge in [0, 0.05) is 12.5 Å². The number of nitrogens with one attached hydrogen (secondary N) is 1. The molecule has 0 aliphatic carbocycles. The number of ether oxygens (including phenoxy) is 2. The fourth-order valence-corrected chi connectivity index (χ4v) is 2.61. The minimum absolute atomic E-state index is 0.0456. The quantitative estimate of drug-likeness (QED) is 0.917. The van der Waals surface area contributed by atoms with Crippen LogP contribution in [0.5, 0.6) is 11.5 Å². The van der Waals surface area contributed by atoms with E-state index in [1.54, 1.807) is 24.3 Å². The van der Waals surface area contributed by atoms with Gasteiger partial charge in [-0.2, -0.15) is 5.26 Å². The maximum absolute atomic E-state index is 11.9. The second-order valence-corrected chi connectivity index (χ2v) is 5.72. The molecule has 2 aromatic carbocycles. The molecule has 5 heteroatoms. The Morgan fingerprint density at radius 3 is 2.83 bits per heavy atom. The number of amides is 1. The molecule has 3 rings (SSSR count). The highest BCUT2D eigenvalue weighted by Gasteiger charge is 2.19. The summed E-state index contributed by atoms with van der Waals surface area (Å²) in [6.07, 6.45) is 0.896. The third kappa shape index (κ3) is 4.05. The van der Waals surface area contributed by atoms with Crippen LogP contribution >= 0.6 is 0 Å². The second-order valence-electron chi connectivity index (χ2n) is 5.72. The standard InChI is InChI=1S/C19H18N2O3/c20-10-14-5-7-17(8-6-14)23-13-19(22)21-11-15-9-16-3-1-2-4-18(16)24-12-15/h1-8,15H,9,11-13H2,(H,21,22). The van der Waals surface area contributed by atoms with Crippen molar-refractivity contribution in [2.45, 2.75) is 6.42 Å². The number of hydrogen-bond donors (Lipinski definition) is 1. The van der Waals surface area contributed by atoms with Crippen molar-refractivity contribution < 1.29 is 14.3 Å². The molecule has 24 heavy (non-hydrogen) atoms. The van der Waals surface area contributed by atoms with Crippen LogP contribution < -0.4 is 14.8 Å². The number of benzene rings is 2. The van der Waals surface area contributed by atoms with Gasteiger partial charge < -0.3 is 14.8 Å². The number of nitriles is 1. The third-order valence-electron chi connectivity index (χ3n) is 3.90. The van der Waals surface area contributed by atoms with E-state index >= 15 is 0 Å². The van der Waals surface area contributed by atoms with Gasteiger partial charge in [0.25, 0.3) is 5.91 Å². The molecule has 1 amide bonds. The third-order valence-corrected chi connectivity index (χ3v) is 3.90. The minimum atomic E-state index is -0.168. The van der Waals surface area contributed by atoms with Gasteiger partial charge in [-0.3, -0.25) is 4.79 Å². The van der Waals surface area contributed by atoms with E-state index in [0.29, 0.717) is 24.5 Å². The molecular formula is C19H18N2O3. The van der Waals surface area contributed by atoms with E-state index in [4.69, 9.17) is 14.7 Å². The van der Waals surface area contributed by atoms with Crippen molar-refractivity contribution in [3.63, 3.8) is 0 Å². The Hall–Kier alpha value is -3.00. The predicted molar refractivity (Wildman–Crippen MR) is 88.8 cm³/mol. The van der Waals surface area contributed by atoms with Crippen LogP contribution in [0, 0.1) is 17.2 Å². The highest BCUT2D eigenvalue weighted by atomic mass is 16.5. The Morgan fingerprint density at radius 1 is 1.25 bits per heavy atom. The number of fused-ring (bicyclic) bond motifs is 1. The van der Waals surface area contributed by atoms with Gasteiger partial charge in [-0.05, 0) is 42.3 Å². The van der Waals surface area contributed by atoms with Crippen LogP contribution in [0.25, 0.3) is 0 Å². The maximum Gasteiger partial charge on any atom is 0.257 e. The number of para-hydroxylation sites is 1. The first-order valence-electron chi connectivity index (χ1n) is 7.85. The lowest BCUT2D eigenvalue weighted by molar-refractivity contribution is -0.123. The van der Waals surface area contributed by atoms with E-state index in [-0.39, 0.29) is 18.4 Å². The Labute approximate surface area is 140 Å². The molecule has 0 radical (unpaired) electrons. The zero-order valence-corrected chi connectivity index (χ0v) is 13.2. The van der Waals surface area contributed by atoms with Gasteiger partial charge in [0.1, 0.15) is 11.5 Å². The van der Waals surface area contributed by atoms with Crippen molar-refractivity contribution >= 4 is 5.91 Å². The summed E-state index contributed by atoms with van der Waals surface area (Å²) in [5.41, 5.74) is 1.74. The van der Waals surface area contributed by atoms with Crippen molar-refractivity contribution in [2.24, 2.45) is 5.92 Å². The number of hydrogen-bond acceptors (Lipinski definition) is 4. The lowest BCUT2D eigenvalue weighted by atomic mass is 9.97. The van der Waals surface area contributed by atoms with Crippen LogP contribution in [-0.2, 0) is 11.2 Å². The van der Waals surface area contributed by atoms with Crippen LogP contribution in [0.2, 0.25) is 0 Å². The van der Waals surface area contributed by atoms with Gasteiger partial charge in [-0.15, -0.1) is 0 Å². The number of rotatable bonds is 5. The van der Waals surface area contributed by atoms with Crippen LogP contribution in [-0.4, -0.2) is 25.7 Å². The summed E-state index contributed by atoms with van der Waals surface area (Å²) < 4.78 is 11.1. The maximum atomic E-state index is 11.9. The van der Waals surface area contributed by atoms with E-state index in [2.05, 4.69) is 11.4 Å². The van der Waals surface area contributed by atoms with Gasteiger partial charge in [0.15, 0.2) is 6.61 Å². The molecule has 2 aromatic rings. The molecular weight excluding hydrogens is 304 g/mol. The second kappa shape index (κ2) is 7.51. The molecule has 1 aliphatic rings. The topological polar surface area (TPSA) is 71.3 Å². The van der Waals surface area contributed by atoms with Gasteiger partial charge in [-0.1, -0.05) is 18.2 Å². The van der Waals surface area contributed by atoms with Crippen molar-refractivity contribution in [2.75, 3.05) is 19.8 Å². The van der Waals surface area contributed by atoms with Crippen LogP contribution in [0.15, 0.2) is 48.5 Å². The molecule has 0 fully saturated rings. The average Bonchev–Trinajstić information content (AvgIpc) is 2.65. The number of carbonyl (C=O) groups excluding carboxylic acids is 1. The monoisotopic (exact) mass is 322 g/mol. The molecule has 0 saturated carbocycles. The minimum Gasteiger partial charge on any atom is -0.493 e. The molecule has 122 valence electrons. The molecule has 0 saturated heterocycles. The van der Waals surface area contributed by atoms with Gasteiger partial charge in [-0.25, -0.2) is 0 Å². The highest BCUT2D eigenvalue weighted by Crippen LogP contribution is 2.26. The Balaban J connectivity index is 1.42. The molecule has 0 bridgehead atoms. The molecule has 1 atom stereocenters. The van der Waals surface area contributed by atoms with Gasteiger partial charge >= 0.3 is 0 Å². The van der Waals surface area contributed by atoms with E-state index in [1.807, 2.05) is 24.3 Å². The molecule has 1 heterocycles. The van der Waals surface area contributed by atoms with Crippen molar-refractivity contribution in [1.29, 1.82) is 5.26 Å². The zero-order chi connectivity index (χ0) is 16.8. The summed E-state index contributed by atoms with van der Waals surface area (Å²) in [5, 5.41) is 11.6. The summed E-state index contributed by atoms with van der Waals surface area (Å²) in [5.74, 6) is 1.60. The fourth-order valence-electron chi connectivity index (χ4n) is 2.61. The number of carbonyl (C=O) groups is 1. The average molecular weight is 322 g/mol. The van der Waals surface area contributed by atoms with Crippen LogP contribution in [0.3, 0.4) is 0 Å².